The fourth-order valence-corrected chi connectivity index (χ4v) is 2.99. The molecular formula is C15H19N3O3. The molecule has 0 aliphatic carbocycles. The minimum atomic E-state index is -0.969. The summed E-state index contributed by atoms with van der Waals surface area (Å²) in [6, 6.07) is 1.92. The van der Waals surface area contributed by atoms with E-state index in [-0.39, 0.29) is 11.8 Å². The lowest BCUT2D eigenvalue weighted by Crippen LogP contribution is -2.36. The number of pyridine rings is 1. The Hall–Kier alpha value is -2.08. The molecule has 1 aliphatic heterocycles. The number of aliphatic hydroxyl groups is 1. The van der Waals surface area contributed by atoms with Crippen molar-refractivity contribution in [3.63, 3.8) is 0 Å². The lowest BCUT2D eigenvalue weighted by molar-refractivity contribution is 0.0688. The average Bonchev–Trinajstić information content (AvgIpc) is 2.74. The van der Waals surface area contributed by atoms with Crippen LogP contribution in [0.15, 0.2) is 12.3 Å². The largest absolute Gasteiger partial charge is 0.477 e. The molecule has 2 aromatic heterocycles. The summed E-state index contributed by atoms with van der Waals surface area (Å²) in [5, 5.41) is 19.0. The van der Waals surface area contributed by atoms with Crippen LogP contribution in [0.2, 0.25) is 0 Å². The van der Waals surface area contributed by atoms with E-state index < -0.39 is 5.97 Å². The molecule has 112 valence electrons. The fraction of sp³-hybridized carbons (Fsp3) is 0.467. The topological polar surface area (TPSA) is 78.1 Å². The van der Waals surface area contributed by atoms with Crippen LogP contribution < -0.4 is 4.90 Å². The molecule has 21 heavy (non-hydrogen) atoms. The van der Waals surface area contributed by atoms with Crippen LogP contribution in [0.4, 0.5) is 5.69 Å². The number of aromatic nitrogens is 2. The van der Waals surface area contributed by atoms with Gasteiger partial charge in [-0.2, -0.15) is 0 Å². The van der Waals surface area contributed by atoms with Gasteiger partial charge in [-0.05, 0) is 38.3 Å². The summed E-state index contributed by atoms with van der Waals surface area (Å²) in [5.74, 6) is -0.969. The maximum Gasteiger partial charge on any atom is 0.354 e. The lowest BCUT2D eigenvalue weighted by atomic mass is 10.1. The number of hydrogen-bond acceptors (Lipinski definition) is 4. The van der Waals surface area contributed by atoms with Gasteiger partial charge in [0.05, 0.1) is 17.5 Å². The second kappa shape index (κ2) is 5.04. The van der Waals surface area contributed by atoms with Gasteiger partial charge in [-0.25, -0.2) is 9.78 Å². The SMILES string of the molecule is Cc1cc2nc(C)c(C(=O)O)n2cc1N1CCC(O)CC1. The van der Waals surface area contributed by atoms with Crippen LogP contribution in [0, 0.1) is 13.8 Å². The molecule has 1 saturated heterocycles. The number of carboxylic acid groups (broad SMARTS) is 1. The van der Waals surface area contributed by atoms with E-state index in [1.54, 1.807) is 11.3 Å². The minimum Gasteiger partial charge on any atom is -0.477 e. The van der Waals surface area contributed by atoms with Crippen LogP contribution in [0.25, 0.3) is 5.65 Å². The number of imidazole rings is 1. The van der Waals surface area contributed by atoms with Gasteiger partial charge in [0, 0.05) is 19.3 Å². The highest BCUT2D eigenvalue weighted by Gasteiger charge is 2.21. The third kappa shape index (κ3) is 2.35. The Labute approximate surface area is 122 Å². The van der Waals surface area contributed by atoms with Crippen molar-refractivity contribution < 1.29 is 15.0 Å². The predicted octanol–water partition coefficient (Wildman–Crippen LogP) is 1.61. The highest BCUT2D eigenvalue weighted by atomic mass is 16.4. The van der Waals surface area contributed by atoms with Gasteiger partial charge in [-0.3, -0.25) is 4.40 Å². The molecule has 1 fully saturated rings. The highest BCUT2D eigenvalue weighted by molar-refractivity contribution is 5.88. The molecule has 0 saturated carbocycles. The van der Waals surface area contributed by atoms with Crippen molar-refractivity contribution in [3.05, 3.63) is 29.2 Å². The fourth-order valence-electron chi connectivity index (χ4n) is 2.99. The number of hydrogen-bond donors (Lipinski definition) is 2. The van der Waals surface area contributed by atoms with E-state index in [1.807, 2.05) is 19.2 Å². The zero-order chi connectivity index (χ0) is 15.1. The van der Waals surface area contributed by atoms with Gasteiger partial charge in [-0.15, -0.1) is 0 Å². The van der Waals surface area contributed by atoms with E-state index >= 15 is 0 Å². The van der Waals surface area contributed by atoms with Crippen LogP contribution in [-0.2, 0) is 0 Å². The summed E-state index contributed by atoms with van der Waals surface area (Å²) in [5.41, 5.74) is 3.47. The molecule has 2 aromatic rings. The van der Waals surface area contributed by atoms with Crippen molar-refractivity contribution >= 4 is 17.3 Å². The highest BCUT2D eigenvalue weighted by Crippen LogP contribution is 2.26. The minimum absolute atomic E-state index is 0.211. The van der Waals surface area contributed by atoms with E-state index in [1.165, 1.54) is 0 Å². The van der Waals surface area contributed by atoms with E-state index in [0.717, 1.165) is 37.2 Å². The van der Waals surface area contributed by atoms with Gasteiger partial charge in [0.25, 0.3) is 0 Å². The normalized spacial score (nSPS) is 16.6. The van der Waals surface area contributed by atoms with Crippen LogP contribution >= 0.6 is 0 Å². The first-order chi connectivity index (χ1) is 9.97. The number of aromatic carboxylic acids is 1. The predicted molar refractivity (Wildman–Crippen MR) is 79.1 cm³/mol. The molecular weight excluding hydrogens is 270 g/mol. The van der Waals surface area contributed by atoms with E-state index in [2.05, 4.69) is 9.88 Å². The second-order valence-electron chi connectivity index (χ2n) is 5.64. The third-order valence-corrected chi connectivity index (χ3v) is 4.12. The molecule has 0 atom stereocenters. The maximum atomic E-state index is 11.4. The average molecular weight is 289 g/mol. The van der Waals surface area contributed by atoms with Crippen molar-refractivity contribution in [2.24, 2.45) is 0 Å². The Morgan fingerprint density at radius 2 is 2.00 bits per heavy atom. The molecule has 1 aliphatic rings. The van der Waals surface area contributed by atoms with Crippen molar-refractivity contribution in [1.82, 2.24) is 9.38 Å². The molecule has 6 nitrogen and oxygen atoms in total. The summed E-state index contributed by atoms with van der Waals surface area (Å²) < 4.78 is 1.64. The number of piperidine rings is 1. The zero-order valence-electron chi connectivity index (χ0n) is 12.2. The van der Waals surface area contributed by atoms with Crippen molar-refractivity contribution in [1.29, 1.82) is 0 Å². The molecule has 0 unspecified atom stereocenters. The lowest BCUT2D eigenvalue weighted by Gasteiger charge is -2.32. The molecule has 3 rings (SSSR count). The van der Waals surface area contributed by atoms with Crippen LogP contribution in [0.1, 0.15) is 34.6 Å². The standard InChI is InChI=1S/C15H19N3O3/c1-9-7-13-16-10(2)14(15(20)21)18(13)8-12(9)17-5-3-11(19)4-6-17/h7-8,11,19H,3-6H2,1-2H3,(H,20,21). The smallest absolute Gasteiger partial charge is 0.354 e. The van der Waals surface area contributed by atoms with Crippen molar-refractivity contribution in [2.45, 2.75) is 32.8 Å². The monoisotopic (exact) mass is 289 g/mol. The van der Waals surface area contributed by atoms with Crippen LogP contribution in [0.3, 0.4) is 0 Å². The summed E-state index contributed by atoms with van der Waals surface area (Å²) in [6.07, 6.45) is 3.11. The number of rotatable bonds is 2. The Balaban J connectivity index is 2.09. The van der Waals surface area contributed by atoms with Gasteiger partial charge < -0.3 is 15.1 Å². The summed E-state index contributed by atoms with van der Waals surface area (Å²) in [7, 11) is 0. The number of nitrogens with zero attached hydrogens (tertiary/aromatic N) is 3. The molecule has 0 bridgehead atoms. The van der Waals surface area contributed by atoms with Gasteiger partial charge >= 0.3 is 5.97 Å². The molecule has 6 heteroatoms. The third-order valence-electron chi connectivity index (χ3n) is 4.12. The van der Waals surface area contributed by atoms with Gasteiger partial charge in [0.1, 0.15) is 5.65 Å². The number of aryl methyl sites for hydroxylation is 2. The number of fused-ring (bicyclic) bond motifs is 1. The van der Waals surface area contributed by atoms with E-state index in [0.29, 0.717) is 11.3 Å². The van der Waals surface area contributed by atoms with Crippen LogP contribution in [0.5, 0.6) is 0 Å². The second-order valence-corrected chi connectivity index (χ2v) is 5.64. The molecule has 0 aromatic carbocycles. The van der Waals surface area contributed by atoms with Gasteiger partial charge in [-0.1, -0.05) is 0 Å². The molecule has 2 N–H and O–H groups in total. The summed E-state index contributed by atoms with van der Waals surface area (Å²) in [6.45, 7) is 5.28. The molecule has 0 spiro atoms. The summed E-state index contributed by atoms with van der Waals surface area (Å²) >= 11 is 0. The first-order valence-electron chi connectivity index (χ1n) is 7.13. The molecule has 0 amide bonds. The number of aliphatic hydroxyl groups excluding tert-OH is 1. The number of carbonyl (C=O) groups is 1. The maximum absolute atomic E-state index is 11.4. The summed E-state index contributed by atoms with van der Waals surface area (Å²) in [4.78, 5) is 17.9. The first-order valence-corrected chi connectivity index (χ1v) is 7.13. The van der Waals surface area contributed by atoms with Gasteiger partial charge in [0.15, 0.2) is 5.69 Å². The van der Waals surface area contributed by atoms with E-state index in [9.17, 15) is 15.0 Å². The Bertz CT molecular complexity index is 700. The van der Waals surface area contributed by atoms with Crippen molar-refractivity contribution in [3.8, 4) is 0 Å². The van der Waals surface area contributed by atoms with E-state index in [4.69, 9.17) is 0 Å². The van der Waals surface area contributed by atoms with Crippen molar-refractivity contribution in [2.75, 3.05) is 18.0 Å². The number of anilines is 1. The van der Waals surface area contributed by atoms with Gasteiger partial charge in [0.2, 0.25) is 0 Å². The quantitative estimate of drug-likeness (QED) is 0.878. The number of carboxylic acids is 1. The zero-order valence-corrected chi connectivity index (χ0v) is 12.2. The Morgan fingerprint density at radius 1 is 1.33 bits per heavy atom. The molecule has 3 heterocycles. The Morgan fingerprint density at radius 3 is 2.62 bits per heavy atom. The first kappa shape index (κ1) is 13.9. The molecule has 0 radical (unpaired) electrons. The Kier molecular flexibility index (Phi) is 3.33. The van der Waals surface area contributed by atoms with Crippen LogP contribution in [-0.4, -0.2) is 44.8 Å².